The predicted octanol–water partition coefficient (Wildman–Crippen LogP) is 2.66. The maximum absolute atomic E-state index is 5.71. The molecule has 0 atom stereocenters. The van der Waals surface area contributed by atoms with E-state index >= 15 is 0 Å². The highest BCUT2D eigenvalue weighted by Gasteiger charge is 1.95. The molecule has 0 aliphatic rings. The summed E-state index contributed by atoms with van der Waals surface area (Å²) in [6.07, 6.45) is 0.497. The smallest absolute Gasteiger partial charge is 0.0716 e. The van der Waals surface area contributed by atoms with Gasteiger partial charge in [-0.1, -0.05) is 41.2 Å². The van der Waals surface area contributed by atoms with E-state index in [1.54, 1.807) is 12.1 Å². The Morgan fingerprint density at radius 2 is 1.90 bits per heavy atom. The molecule has 0 aromatic heterocycles. The van der Waals surface area contributed by atoms with Gasteiger partial charge in [0.25, 0.3) is 0 Å². The molecular weight excluding hydrogens is 166 g/mol. The van der Waals surface area contributed by atoms with E-state index in [2.05, 4.69) is 0 Å². The minimum atomic E-state index is 0.497. The van der Waals surface area contributed by atoms with E-state index in [9.17, 15) is 0 Å². The lowest BCUT2D eigenvalue weighted by Gasteiger charge is -1.97. The Hall–Kier alpha value is -0.135. The van der Waals surface area contributed by atoms with Gasteiger partial charge in [0, 0.05) is 0 Å². The summed E-state index contributed by atoms with van der Waals surface area (Å²) < 4.78 is 0. The summed E-state index contributed by atoms with van der Waals surface area (Å²) in [5.74, 6) is 0. The minimum Gasteiger partial charge on any atom is -0.0827 e. The fourth-order valence-electron chi connectivity index (χ4n) is 0.667. The third-order valence-corrected chi connectivity index (χ3v) is 1.96. The summed E-state index contributed by atoms with van der Waals surface area (Å²) in [5, 5.41) is 1.13. The summed E-state index contributed by atoms with van der Waals surface area (Å²) in [7, 11) is 5.37. The van der Waals surface area contributed by atoms with Crippen molar-refractivity contribution in [3.05, 3.63) is 33.8 Å². The van der Waals surface area contributed by atoms with Crippen LogP contribution in [0.2, 0.25) is 10.0 Å². The maximum atomic E-state index is 5.71. The number of rotatable bonds is 1. The molecule has 0 saturated carbocycles. The van der Waals surface area contributed by atoms with Gasteiger partial charge in [-0.2, -0.15) is 0 Å². The van der Waals surface area contributed by atoms with E-state index in [1.807, 2.05) is 6.07 Å². The number of benzene rings is 1. The molecule has 0 saturated heterocycles. The summed E-state index contributed by atoms with van der Waals surface area (Å²) in [6.45, 7) is 0. The summed E-state index contributed by atoms with van der Waals surface area (Å²) in [5.41, 5.74) is 0.995. The third kappa shape index (κ3) is 1.68. The van der Waals surface area contributed by atoms with Gasteiger partial charge in [-0.05, 0) is 12.1 Å². The molecular formula is C7H5BCl2. The van der Waals surface area contributed by atoms with Crippen LogP contribution in [0.1, 0.15) is 5.56 Å². The van der Waals surface area contributed by atoms with Crippen molar-refractivity contribution in [1.29, 1.82) is 0 Å². The van der Waals surface area contributed by atoms with Gasteiger partial charge in [0.15, 0.2) is 0 Å². The van der Waals surface area contributed by atoms with Crippen molar-refractivity contribution in [1.82, 2.24) is 0 Å². The first kappa shape index (κ1) is 7.97. The van der Waals surface area contributed by atoms with Gasteiger partial charge in [-0.15, -0.1) is 0 Å². The maximum Gasteiger partial charge on any atom is 0.0716 e. The van der Waals surface area contributed by atoms with Crippen LogP contribution in [-0.4, -0.2) is 7.85 Å². The van der Waals surface area contributed by atoms with Crippen LogP contribution in [0.25, 0.3) is 0 Å². The predicted molar refractivity (Wildman–Crippen MR) is 45.9 cm³/mol. The van der Waals surface area contributed by atoms with E-state index in [4.69, 9.17) is 31.0 Å². The molecule has 0 aliphatic carbocycles. The molecule has 50 valence electrons. The quantitative estimate of drug-likeness (QED) is 0.569. The Kier molecular flexibility index (Phi) is 2.64. The molecule has 1 aromatic rings. The summed E-state index contributed by atoms with van der Waals surface area (Å²) >= 11 is 11.4. The van der Waals surface area contributed by atoms with Crippen molar-refractivity contribution in [3.8, 4) is 0 Å². The van der Waals surface area contributed by atoms with Crippen molar-refractivity contribution in [3.63, 3.8) is 0 Å². The van der Waals surface area contributed by atoms with Gasteiger partial charge in [-0.3, -0.25) is 0 Å². The fraction of sp³-hybridized carbons (Fsp3) is 0.143. The molecule has 0 fully saturated rings. The topological polar surface area (TPSA) is 0 Å². The van der Waals surface area contributed by atoms with E-state index < -0.39 is 0 Å². The van der Waals surface area contributed by atoms with Gasteiger partial charge in [-0.25, -0.2) is 0 Å². The Labute approximate surface area is 71.6 Å². The molecule has 0 amide bonds. The van der Waals surface area contributed by atoms with Crippen LogP contribution in [0.15, 0.2) is 18.2 Å². The van der Waals surface area contributed by atoms with Crippen LogP contribution >= 0.6 is 23.2 Å². The molecule has 0 nitrogen and oxygen atoms in total. The van der Waals surface area contributed by atoms with Crippen LogP contribution in [0.4, 0.5) is 0 Å². The Balaban J connectivity index is 3.04. The van der Waals surface area contributed by atoms with Gasteiger partial charge in [0.1, 0.15) is 0 Å². The molecule has 10 heavy (non-hydrogen) atoms. The Morgan fingerprint density at radius 1 is 1.20 bits per heavy atom. The average molecular weight is 171 g/mol. The number of halogens is 2. The number of hydrogen-bond donors (Lipinski definition) is 0. The highest BCUT2D eigenvalue weighted by Crippen LogP contribution is 2.22. The van der Waals surface area contributed by atoms with Crippen LogP contribution in [0.3, 0.4) is 0 Å². The van der Waals surface area contributed by atoms with E-state index in [0.29, 0.717) is 16.4 Å². The van der Waals surface area contributed by atoms with E-state index in [1.165, 1.54) is 0 Å². The lowest BCUT2D eigenvalue weighted by molar-refractivity contribution is 1.40. The molecule has 1 aromatic carbocycles. The zero-order valence-corrected chi connectivity index (χ0v) is 6.78. The molecule has 0 bridgehead atoms. The van der Waals surface area contributed by atoms with Crippen molar-refractivity contribution in [2.75, 3.05) is 0 Å². The summed E-state index contributed by atoms with van der Waals surface area (Å²) in [6, 6.07) is 5.37. The van der Waals surface area contributed by atoms with Crippen molar-refractivity contribution >= 4 is 31.0 Å². The van der Waals surface area contributed by atoms with Gasteiger partial charge in [0.2, 0.25) is 0 Å². The number of hydrogen-bond acceptors (Lipinski definition) is 0. The first-order valence-corrected chi connectivity index (χ1v) is 3.63. The van der Waals surface area contributed by atoms with Crippen LogP contribution in [0, 0.1) is 0 Å². The molecule has 1 rings (SSSR count). The van der Waals surface area contributed by atoms with Crippen LogP contribution < -0.4 is 0 Å². The molecule has 2 radical (unpaired) electrons. The van der Waals surface area contributed by atoms with E-state index in [-0.39, 0.29) is 0 Å². The molecule has 0 N–H and O–H groups in total. The highest BCUT2D eigenvalue weighted by atomic mass is 35.5. The Bertz CT molecular complexity index is 235. The van der Waals surface area contributed by atoms with Crippen molar-refractivity contribution < 1.29 is 0 Å². The largest absolute Gasteiger partial charge is 0.0827 e. The SMILES string of the molecule is [B]Cc1ccc(Cl)c(Cl)c1. The van der Waals surface area contributed by atoms with Gasteiger partial charge >= 0.3 is 0 Å². The molecule has 0 aliphatic heterocycles. The monoisotopic (exact) mass is 170 g/mol. The second-order valence-electron chi connectivity index (χ2n) is 1.95. The third-order valence-electron chi connectivity index (χ3n) is 1.22. The van der Waals surface area contributed by atoms with Crippen molar-refractivity contribution in [2.24, 2.45) is 0 Å². The first-order valence-electron chi connectivity index (χ1n) is 2.88. The Morgan fingerprint density at radius 3 is 2.40 bits per heavy atom. The fourth-order valence-corrected chi connectivity index (χ4v) is 0.987. The van der Waals surface area contributed by atoms with Crippen LogP contribution in [-0.2, 0) is 6.32 Å². The summed E-state index contributed by atoms with van der Waals surface area (Å²) in [4.78, 5) is 0. The van der Waals surface area contributed by atoms with Crippen LogP contribution in [0.5, 0.6) is 0 Å². The lowest BCUT2D eigenvalue weighted by atomic mass is 9.97. The van der Waals surface area contributed by atoms with Crippen molar-refractivity contribution in [2.45, 2.75) is 6.32 Å². The zero-order chi connectivity index (χ0) is 7.56. The van der Waals surface area contributed by atoms with Gasteiger partial charge in [0.05, 0.1) is 17.9 Å². The van der Waals surface area contributed by atoms with E-state index in [0.717, 1.165) is 5.56 Å². The normalized spacial score (nSPS) is 9.80. The molecule has 0 unspecified atom stereocenters. The standard InChI is InChI=1S/C7H5BCl2/c8-4-5-1-2-6(9)7(10)3-5/h1-3H,4H2. The molecule has 0 spiro atoms. The first-order chi connectivity index (χ1) is 4.74. The molecule has 0 heterocycles. The lowest BCUT2D eigenvalue weighted by Crippen LogP contribution is -1.82. The zero-order valence-electron chi connectivity index (χ0n) is 5.27. The second-order valence-corrected chi connectivity index (χ2v) is 2.77. The second kappa shape index (κ2) is 3.31. The van der Waals surface area contributed by atoms with Gasteiger partial charge < -0.3 is 0 Å². The highest BCUT2D eigenvalue weighted by molar-refractivity contribution is 6.42. The minimum absolute atomic E-state index is 0.497. The average Bonchev–Trinajstić information content (AvgIpc) is 1.95. The molecule has 3 heteroatoms.